The van der Waals surface area contributed by atoms with Crippen LogP contribution in [0, 0.1) is 23.7 Å². The molecule has 1 N–H and O–H groups in total. The van der Waals surface area contributed by atoms with E-state index in [0.717, 1.165) is 55.1 Å². The van der Waals surface area contributed by atoms with Crippen LogP contribution < -0.4 is 14.8 Å². The molecular weight excluding hydrogens is 831 g/mol. The molecule has 0 bridgehead atoms. The standard InChI is InChI=1S/C25H30ClNO3.C21H24ClNO2.C4H7ClO/c1-17(2)25(29)27-13-12-24(19-6-10-23(30-3)11-7-19)20(16-27)15-22(28)14-18-4-8-21(26)9-5-18;1-25-20-8-4-16(5-9-20)21-10-11-23-14-17(21)13-19(24)12-15-2-6-18(22)7-3-15;1-3(2)4(5)6/h4-11,17,20,24H,12-16H2,1-3H3;2-9,17,21,23H,10-14H2,1H3;3H,1-2H3/t20-,24?;17-,21?;/m11./s1. The lowest BCUT2D eigenvalue weighted by Gasteiger charge is -2.39. The highest BCUT2D eigenvalue weighted by molar-refractivity contribution is 6.63. The number of amides is 1. The number of halogens is 3. The van der Waals surface area contributed by atoms with Crippen LogP contribution in [0.4, 0.5) is 0 Å². The van der Waals surface area contributed by atoms with E-state index < -0.39 is 0 Å². The third-order valence-electron chi connectivity index (χ3n) is 11.3. The van der Waals surface area contributed by atoms with E-state index in [1.807, 2.05) is 91.5 Å². The van der Waals surface area contributed by atoms with Gasteiger partial charge in [0.05, 0.1) is 14.2 Å². The number of Topliss-reactive ketones (excluding diaryl/α,β-unsaturated/α-hetero) is 2. The zero-order valence-corrected chi connectivity index (χ0v) is 38.6. The number of nitrogens with one attached hydrogen (secondary N) is 1. The van der Waals surface area contributed by atoms with Crippen LogP contribution in [0.15, 0.2) is 97.1 Å². The molecule has 4 aromatic carbocycles. The fourth-order valence-corrected chi connectivity index (χ4v) is 8.16. The number of nitrogens with zero attached hydrogens (tertiary/aromatic N) is 1. The molecule has 8 nitrogen and oxygen atoms in total. The molecular formula is C50H61Cl3N2O6. The van der Waals surface area contributed by atoms with Gasteiger partial charge in [0.15, 0.2) is 0 Å². The Hall–Kier alpha value is -4.21. The van der Waals surface area contributed by atoms with E-state index in [-0.39, 0.29) is 46.4 Å². The summed E-state index contributed by atoms with van der Waals surface area (Å²) < 4.78 is 10.5. The maximum atomic E-state index is 12.9. The van der Waals surface area contributed by atoms with Gasteiger partial charge in [0, 0.05) is 60.7 Å². The average molecular weight is 892 g/mol. The Morgan fingerprint density at radius 3 is 1.48 bits per heavy atom. The van der Waals surface area contributed by atoms with Crippen molar-refractivity contribution in [2.45, 2.75) is 78.1 Å². The van der Waals surface area contributed by atoms with Gasteiger partial charge in [0.25, 0.3) is 0 Å². The minimum atomic E-state index is -0.269. The second kappa shape index (κ2) is 25.0. The molecule has 2 fully saturated rings. The average Bonchev–Trinajstić information content (AvgIpc) is 3.25. The van der Waals surface area contributed by atoms with E-state index in [1.165, 1.54) is 11.1 Å². The van der Waals surface area contributed by atoms with Crippen molar-refractivity contribution in [1.29, 1.82) is 0 Å². The second-order valence-electron chi connectivity index (χ2n) is 16.6. The van der Waals surface area contributed by atoms with Gasteiger partial charge in [-0.05, 0) is 132 Å². The zero-order valence-electron chi connectivity index (χ0n) is 36.3. The number of rotatable bonds is 14. The van der Waals surface area contributed by atoms with Crippen LogP contribution in [0.25, 0.3) is 0 Å². The topological polar surface area (TPSA) is 102 Å². The molecule has 61 heavy (non-hydrogen) atoms. The number of piperidine rings is 2. The van der Waals surface area contributed by atoms with Gasteiger partial charge < -0.3 is 19.7 Å². The first-order valence-electron chi connectivity index (χ1n) is 21.2. The Morgan fingerprint density at radius 2 is 1.07 bits per heavy atom. The predicted molar refractivity (Wildman–Crippen MR) is 247 cm³/mol. The normalized spacial score (nSPS) is 18.6. The minimum absolute atomic E-state index is 0.0216. The number of ether oxygens (including phenoxy) is 2. The van der Waals surface area contributed by atoms with Crippen LogP contribution >= 0.6 is 34.8 Å². The van der Waals surface area contributed by atoms with E-state index in [0.29, 0.717) is 54.1 Å². The molecule has 4 aromatic rings. The molecule has 0 spiro atoms. The molecule has 11 heteroatoms. The summed E-state index contributed by atoms with van der Waals surface area (Å²) in [6.45, 7) is 10.6. The lowest BCUT2D eigenvalue weighted by Crippen LogP contribution is -2.45. The highest BCUT2D eigenvalue weighted by Crippen LogP contribution is 2.37. The predicted octanol–water partition coefficient (Wildman–Crippen LogP) is 10.8. The summed E-state index contributed by atoms with van der Waals surface area (Å²) >= 11 is 16.8. The van der Waals surface area contributed by atoms with Gasteiger partial charge in [-0.3, -0.25) is 19.2 Å². The van der Waals surface area contributed by atoms with Crippen molar-refractivity contribution in [2.24, 2.45) is 23.7 Å². The molecule has 2 heterocycles. The SMILES string of the molecule is CC(C)C(=O)Cl.COc1ccc(C2CCN(C(=O)C(C)C)C[C@H]2CC(=O)Cc2ccc(Cl)cc2)cc1.COc1ccc(C2CCNC[C@H]2CC(=O)Cc2ccc(Cl)cc2)cc1. The van der Waals surface area contributed by atoms with E-state index in [1.54, 1.807) is 28.1 Å². The van der Waals surface area contributed by atoms with Crippen LogP contribution in [0.3, 0.4) is 0 Å². The molecule has 0 aliphatic carbocycles. The van der Waals surface area contributed by atoms with Crippen molar-refractivity contribution in [3.63, 3.8) is 0 Å². The first-order chi connectivity index (χ1) is 29.2. The van der Waals surface area contributed by atoms with Crippen LogP contribution in [-0.4, -0.2) is 68.0 Å². The van der Waals surface area contributed by atoms with Gasteiger partial charge >= 0.3 is 0 Å². The number of carbonyl (C=O) groups excluding carboxylic acids is 4. The molecule has 0 radical (unpaired) electrons. The quantitative estimate of drug-likeness (QED) is 0.126. The summed E-state index contributed by atoms with van der Waals surface area (Å²) in [4.78, 5) is 49.9. The molecule has 2 saturated heterocycles. The second-order valence-corrected chi connectivity index (χ2v) is 17.8. The largest absolute Gasteiger partial charge is 0.497 e. The van der Waals surface area contributed by atoms with Crippen molar-refractivity contribution in [3.05, 3.63) is 129 Å². The maximum Gasteiger partial charge on any atom is 0.225 e. The number of hydrogen-bond donors (Lipinski definition) is 1. The van der Waals surface area contributed by atoms with Gasteiger partial charge in [0.1, 0.15) is 23.1 Å². The Labute approximate surface area is 377 Å². The number of carbonyl (C=O) groups is 4. The van der Waals surface area contributed by atoms with Crippen LogP contribution in [0.2, 0.25) is 10.0 Å². The zero-order chi connectivity index (χ0) is 44.5. The summed E-state index contributed by atoms with van der Waals surface area (Å²) in [5.41, 5.74) is 4.50. The first kappa shape index (κ1) is 49.4. The molecule has 328 valence electrons. The molecule has 0 aromatic heterocycles. The number of hydrogen-bond acceptors (Lipinski definition) is 7. The lowest BCUT2D eigenvalue weighted by atomic mass is 9.77. The Kier molecular flexibility index (Phi) is 20.3. The third kappa shape index (κ3) is 16.2. The summed E-state index contributed by atoms with van der Waals surface area (Å²) in [5.74, 6) is 3.39. The van der Waals surface area contributed by atoms with Crippen LogP contribution in [-0.2, 0) is 32.0 Å². The summed E-state index contributed by atoms with van der Waals surface area (Å²) in [7, 11) is 3.33. The van der Waals surface area contributed by atoms with E-state index >= 15 is 0 Å². The monoisotopic (exact) mass is 890 g/mol. The molecule has 2 aliphatic rings. The van der Waals surface area contributed by atoms with Gasteiger partial charge in [-0.15, -0.1) is 0 Å². The number of methoxy groups -OCH3 is 2. The van der Waals surface area contributed by atoms with E-state index in [4.69, 9.17) is 44.3 Å². The van der Waals surface area contributed by atoms with Crippen LogP contribution in [0.5, 0.6) is 11.5 Å². The first-order valence-corrected chi connectivity index (χ1v) is 22.3. The van der Waals surface area contributed by atoms with E-state index in [9.17, 15) is 19.2 Å². The van der Waals surface area contributed by atoms with Gasteiger partial charge in [-0.25, -0.2) is 0 Å². The van der Waals surface area contributed by atoms with E-state index in [2.05, 4.69) is 29.6 Å². The Balaban J connectivity index is 0.000000240. The molecule has 0 saturated carbocycles. The molecule has 2 unspecified atom stereocenters. The van der Waals surface area contributed by atoms with Gasteiger partial charge in [-0.2, -0.15) is 0 Å². The molecule has 1 amide bonds. The van der Waals surface area contributed by atoms with Gasteiger partial charge in [-0.1, -0.05) is 99.4 Å². The highest BCUT2D eigenvalue weighted by Gasteiger charge is 2.34. The summed E-state index contributed by atoms with van der Waals surface area (Å²) in [6, 6.07) is 31.3. The third-order valence-corrected chi connectivity index (χ3v) is 12.2. The smallest absolute Gasteiger partial charge is 0.225 e. The summed E-state index contributed by atoms with van der Waals surface area (Å²) in [5, 5.41) is 4.54. The Morgan fingerprint density at radius 1 is 0.639 bits per heavy atom. The minimum Gasteiger partial charge on any atom is -0.497 e. The summed E-state index contributed by atoms with van der Waals surface area (Å²) in [6.07, 6.45) is 3.85. The number of ketones is 2. The Bertz CT molecular complexity index is 1990. The lowest BCUT2D eigenvalue weighted by molar-refractivity contribution is -0.137. The van der Waals surface area contributed by atoms with Crippen molar-refractivity contribution in [1.82, 2.24) is 10.2 Å². The van der Waals surface area contributed by atoms with Crippen molar-refractivity contribution in [2.75, 3.05) is 40.4 Å². The molecule has 6 rings (SSSR count). The van der Waals surface area contributed by atoms with Crippen molar-refractivity contribution < 1.29 is 28.7 Å². The van der Waals surface area contributed by atoms with Crippen molar-refractivity contribution in [3.8, 4) is 11.5 Å². The fourth-order valence-electron chi connectivity index (χ4n) is 7.91. The van der Waals surface area contributed by atoms with Crippen LogP contribution in [0.1, 0.15) is 87.5 Å². The molecule has 4 atom stereocenters. The number of likely N-dealkylation sites (tertiary alicyclic amines) is 1. The molecule has 2 aliphatic heterocycles. The maximum absolute atomic E-state index is 12.9. The fraction of sp³-hybridized carbons (Fsp3) is 0.440. The van der Waals surface area contributed by atoms with Crippen molar-refractivity contribution >= 4 is 57.5 Å². The number of benzene rings is 4. The highest BCUT2D eigenvalue weighted by atomic mass is 35.5. The van der Waals surface area contributed by atoms with Gasteiger partial charge in [0.2, 0.25) is 11.1 Å².